The van der Waals surface area contributed by atoms with E-state index in [9.17, 15) is 4.79 Å². The van der Waals surface area contributed by atoms with Gasteiger partial charge in [0, 0.05) is 12.2 Å². The number of aliphatic hydroxyl groups is 1. The third-order valence-electron chi connectivity index (χ3n) is 2.35. The Kier molecular flexibility index (Phi) is 4.31. The van der Waals surface area contributed by atoms with Gasteiger partial charge >= 0.3 is 5.97 Å². The first kappa shape index (κ1) is 12.5. The maximum absolute atomic E-state index is 10.8. The number of hydrogen-bond donors (Lipinski definition) is 3. The standard InChI is InChI=1S/C12H17NO3/c1-8-7-10(13-6-5-9(2)14)3-4-11(8)12(15)16/h3-4,7,9,13-14H,5-6H2,1-2H3,(H,15,16). The summed E-state index contributed by atoms with van der Waals surface area (Å²) in [5.41, 5.74) is 1.93. The van der Waals surface area contributed by atoms with Gasteiger partial charge < -0.3 is 15.5 Å². The summed E-state index contributed by atoms with van der Waals surface area (Å²) in [5.74, 6) is -0.909. The topological polar surface area (TPSA) is 69.6 Å². The van der Waals surface area contributed by atoms with Crippen LogP contribution in [0.2, 0.25) is 0 Å². The molecule has 0 saturated heterocycles. The van der Waals surface area contributed by atoms with Crippen molar-refractivity contribution in [1.82, 2.24) is 0 Å². The SMILES string of the molecule is Cc1cc(NCCC(C)O)ccc1C(=O)O. The maximum Gasteiger partial charge on any atom is 0.335 e. The van der Waals surface area contributed by atoms with Crippen LogP contribution in [0, 0.1) is 6.92 Å². The van der Waals surface area contributed by atoms with Gasteiger partial charge in [-0.15, -0.1) is 0 Å². The van der Waals surface area contributed by atoms with Gasteiger partial charge in [-0.25, -0.2) is 4.79 Å². The van der Waals surface area contributed by atoms with Crippen molar-refractivity contribution in [2.75, 3.05) is 11.9 Å². The minimum Gasteiger partial charge on any atom is -0.478 e. The Morgan fingerprint density at radius 3 is 2.69 bits per heavy atom. The van der Waals surface area contributed by atoms with Gasteiger partial charge in [0.15, 0.2) is 0 Å². The van der Waals surface area contributed by atoms with E-state index in [-0.39, 0.29) is 6.10 Å². The maximum atomic E-state index is 10.8. The molecule has 4 heteroatoms. The highest BCUT2D eigenvalue weighted by Crippen LogP contribution is 2.15. The lowest BCUT2D eigenvalue weighted by Crippen LogP contribution is -2.10. The van der Waals surface area contributed by atoms with E-state index < -0.39 is 5.97 Å². The molecular formula is C12H17NO3. The summed E-state index contributed by atoms with van der Waals surface area (Å²) in [6, 6.07) is 5.12. The first-order chi connectivity index (χ1) is 7.50. The van der Waals surface area contributed by atoms with Gasteiger partial charge in [0.05, 0.1) is 11.7 Å². The van der Waals surface area contributed by atoms with Gasteiger partial charge in [0.2, 0.25) is 0 Å². The molecule has 0 saturated carbocycles. The lowest BCUT2D eigenvalue weighted by Gasteiger charge is -2.09. The second-order valence-corrected chi connectivity index (χ2v) is 3.90. The van der Waals surface area contributed by atoms with Crippen molar-refractivity contribution in [3.63, 3.8) is 0 Å². The zero-order chi connectivity index (χ0) is 12.1. The molecule has 16 heavy (non-hydrogen) atoms. The van der Waals surface area contributed by atoms with Gasteiger partial charge in [0.1, 0.15) is 0 Å². The molecule has 3 N–H and O–H groups in total. The molecule has 1 atom stereocenters. The minimum atomic E-state index is -0.909. The highest BCUT2D eigenvalue weighted by atomic mass is 16.4. The van der Waals surface area contributed by atoms with Gasteiger partial charge in [0.25, 0.3) is 0 Å². The fourth-order valence-electron chi connectivity index (χ4n) is 1.44. The number of carboxylic acids is 1. The molecule has 1 unspecified atom stereocenters. The molecule has 88 valence electrons. The van der Waals surface area contributed by atoms with Gasteiger partial charge in [-0.3, -0.25) is 0 Å². The monoisotopic (exact) mass is 223 g/mol. The Balaban J connectivity index is 2.63. The molecule has 0 radical (unpaired) electrons. The predicted octanol–water partition coefficient (Wildman–Crippen LogP) is 1.88. The quantitative estimate of drug-likeness (QED) is 0.712. The molecule has 0 bridgehead atoms. The zero-order valence-electron chi connectivity index (χ0n) is 9.53. The van der Waals surface area contributed by atoms with E-state index in [1.165, 1.54) is 0 Å². The van der Waals surface area contributed by atoms with Gasteiger partial charge in [-0.1, -0.05) is 0 Å². The Hall–Kier alpha value is -1.55. The largest absolute Gasteiger partial charge is 0.478 e. The second-order valence-electron chi connectivity index (χ2n) is 3.90. The fraction of sp³-hybridized carbons (Fsp3) is 0.417. The molecule has 0 heterocycles. The number of rotatable bonds is 5. The molecule has 0 aliphatic rings. The summed E-state index contributed by atoms with van der Waals surface area (Å²) in [6.45, 7) is 4.17. The summed E-state index contributed by atoms with van der Waals surface area (Å²) in [7, 11) is 0. The smallest absolute Gasteiger partial charge is 0.335 e. The predicted molar refractivity (Wildman–Crippen MR) is 62.9 cm³/mol. The van der Waals surface area contributed by atoms with E-state index in [2.05, 4.69) is 5.32 Å². The Morgan fingerprint density at radius 1 is 1.50 bits per heavy atom. The number of anilines is 1. The number of aliphatic hydroxyl groups excluding tert-OH is 1. The van der Waals surface area contributed by atoms with Crippen molar-refractivity contribution < 1.29 is 15.0 Å². The summed E-state index contributed by atoms with van der Waals surface area (Å²) >= 11 is 0. The number of carboxylic acid groups (broad SMARTS) is 1. The fourth-order valence-corrected chi connectivity index (χ4v) is 1.44. The van der Waals surface area contributed by atoms with Crippen LogP contribution in [-0.4, -0.2) is 28.8 Å². The summed E-state index contributed by atoms with van der Waals surface area (Å²) in [4.78, 5) is 10.8. The number of nitrogens with one attached hydrogen (secondary N) is 1. The Bertz CT molecular complexity index is 375. The van der Waals surface area contributed by atoms with Gasteiger partial charge in [-0.2, -0.15) is 0 Å². The van der Waals surface area contributed by atoms with Crippen LogP contribution in [0.3, 0.4) is 0 Å². The van der Waals surface area contributed by atoms with Crippen molar-refractivity contribution in [3.8, 4) is 0 Å². The average Bonchev–Trinajstić information content (AvgIpc) is 2.16. The van der Waals surface area contributed by atoms with Crippen LogP contribution >= 0.6 is 0 Å². The Morgan fingerprint density at radius 2 is 2.19 bits per heavy atom. The molecule has 0 spiro atoms. The van der Waals surface area contributed by atoms with Crippen LogP contribution in [0.5, 0.6) is 0 Å². The van der Waals surface area contributed by atoms with Gasteiger partial charge in [-0.05, 0) is 44.0 Å². The molecule has 4 nitrogen and oxygen atoms in total. The van der Waals surface area contributed by atoms with Crippen LogP contribution in [0.25, 0.3) is 0 Å². The average molecular weight is 223 g/mol. The Labute approximate surface area is 94.9 Å². The number of carbonyl (C=O) groups is 1. The van der Waals surface area contributed by atoms with Crippen molar-refractivity contribution in [3.05, 3.63) is 29.3 Å². The second kappa shape index (κ2) is 5.51. The van der Waals surface area contributed by atoms with Crippen LogP contribution in [0.4, 0.5) is 5.69 Å². The number of aromatic carboxylic acids is 1. The first-order valence-electron chi connectivity index (χ1n) is 5.26. The third-order valence-corrected chi connectivity index (χ3v) is 2.35. The molecule has 0 amide bonds. The lowest BCUT2D eigenvalue weighted by atomic mass is 10.1. The first-order valence-corrected chi connectivity index (χ1v) is 5.26. The molecule has 0 aliphatic carbocycles. The van der Waals surface area contributed by atoms with Crippen LogP contribution in [0.1, 0.15) is 29.3 Å². The van der Waals surface area contributed by atoms with Crippen molar-refractivity contribution >= 4 is 11.7 Å². The molecular weight excluding hydrogens is 206 g/mol. The molecule has 0 aliphatic heterocycles. The van der Waals surface area contributed by atoms with Crippen LogP contribution < -0.4 is 5.32 Å². The van der Waals surface area contributed by atoms with E-state index in [0.29, 0.717) is 18.5 Å². The molecule has 0 fully saturated rings. The normalized spacial score (nSPS) is 12.2. The van der Waals surface area contributed by atoms with Crippen molar-refractivity contribution in [1.29, 1.82) is 0 Å². The summed E-state index contributed by atoms with van der Waals surface area (Å²) in [6.07, 6.45) is 0.339. The minimum absolute atomic E-state index is 0.320. The number of aryl methyl sites for hydroxylation is 1. The molecule has 1 rings (SSSR count). The highest BCUT2D eigenvalue weighted by molar-refractivity contribution is 5.89. The molecule has 1 aromatic carbocycles. The van der Waals surface area contributed by atoms with Crippen LogP contribution in [0.15, 0.2) is 18.2 Å². The van der Waals surface area contributed by atoms with E-state index >= 15 is 0 Å². The van der Waals surface area contributed by atoms with Crippen molar-refractivity contribution in [2.24, 2.45) is 0 Å². The van der Waals surface area contributed by atoms with E-state index in [1.807, 2.05) is 0 Å². The summed E-state index contributed by atoms with van der Waals surface area (Å²) < 4.78 is 0. The van der Waals surface area contributed by atoms with Crippen molar-refractivity contribution in [2.45, 2.75) is 26.4 Å². The van der Waals surface area contributed by atoms with E-state index in [0.717, 1.165) is 11.3 Å². The molecule has 1 aromatic rings. The molecule has 0 aromatic heterocycles. The third kappa shape index (κ3) is 3.55. The van der Waals surface area contributed by atoms with E-state index in [4.69, 9.17) is 10.2 Å². The van der Waals surface area contributed by atoms with Crippen LogP contribution in [-0.2, 0) is 0 Å². The number of hydrogen-bond acceptors (Lipinski definition) is 3. The van der Waals surface area contributed by atoms with E-state index in [1.54, 1.807) is 32.0 Å². The highest BCUT2D eigenvalue weighted by Gasteiger charge is 2.06. The lowest BCUT2D eigenvalue weighted by molar-refractivity contribution is 0.0696. The zero-order valence-corrected chi connectivity index (χ0v) is 9.53. The number of benzene rings is 1. The summed E-state index contributed by atoms with van der Waals surface area (Å²) in [5, 5.41) is 21.1.